The highest BCUT2D eigenvalue weighted by Crippen LogP contribution is 2.12. The minimum atomic E-state index is -0.375. The highest BCUT2D eigenvalue weighted by atomic mass is 32.1. The SMILES string of the molecule is Cc1ncc(CNC(=O)N2CCCC(O)C2)s1. The molecule has 1 aliphatic heterocycles. The number of nitrogens with one attached hydrogen (secondary N) is 1. The van der Waals surface area contributed by atoms with Gasteiger partial charge in [-0.15, -0.1) is 11.3 Å². The van der Waals surface area contributed by atoms with Crippen molar-refractivity contribution in [1.29, 1.82) is 0 Å². The summed E-state index contributed by atoms with van der Waals surface area (Å²) in [5.74, 6) is 0. The summed E-state index contributed by atoms with van der Waals surface area (Å²) < 4.78 is 0. The van der Waals surface area contributed by atoms with E-state index in [1.54, 1.807) is 22.4 Å². The van der Waals surface area contributed by atoms with E-state index in [2.05, 4.69) is 10.3 Å². The van der Waals surface area contributed by atoms with Gasteiger partial charge in [-0.3, -0.25) is 0 Å². The molecule has 2 amide bonds. The highest BCUT2D eigenvalue weighted by molar-refractivity contribution is 7.11. The molecule has 1 atom stereocenters. The Hall–Kier alpha value is -1.14. The normalized spacial score (nSPS) is 20.4. The second kappa shape index (κ2) is 5.46. The lowest BCUT2D eigenvalue weighted by Crippen LogP contribution is -2.46. The van der Waals surface area contributed by atoms with Crippen LogP contribution in [0.1, 0.15) is 22.7 Å². The first kappa shape index (κ1) is 12.3. The van der Waals surface area contributed by atoms with Crippen LogP contribution in [-0.4, -0.2) is 40.2 Å². The van der Waals surface area contributed by atoms with Crippen molar-refractivity contribution in [3.8, 4) is 0 Å². The van der Waals surface area contributed by atoms with Gasteiger partial charge in [-0.1, -0.05) is 0 Å². The zero-order valence-corrected chi connectivity index (χ0v) is 10.7. The molecule has 1 aliphatic rings. The van der Waals surface area contributed by atoms with Crippen LogP contribution in [0.5, 0.6) is 0 Å². The van der Waals surface area contributed by atoms with Gasteiger partial charge >= 0.3 is 6.03 Å². The van der Waals surface area contributed by atoms with Crippen LogP contribution in [0.2, 0.25) is 0 Å². The summed E-state index contributed by atoms with van der Waals surface area (Å²) in [4.78, 5) is 18.7. The second-order valence-corrected chi connectivity index (χ2v) is 5.57. The molecule has 94 valence electrons. The molecule has 1 aromatic heterocycles. The number of aliphatic hydroxyl groups is 1. The number of carbonyl (C=O) groups excluding carboxylic acids is 1. The monoisotopic (exact) mass is 255 g/mol. The van der Waals surface area contributed by atoms with Gasteiger partial charge in [-0.05, 0) is 19.8 Å². The highest BCUT2D eigenvalue weighted by Gasteiger charge is 2.21. The lowest BCUT2D eigenvalue weighted by atomic mass is 10.1. The Balaban J connectivity index is 1.80. The summed E-state index contributed by atoms with van der Waals surface area (Å²) in [6.45, 7) is 3.62. The first-order valence-corrected chi connectivity index (χ1v) is 6.59. The number of thiazole rings is 1. The Morgan fingerprint density at radius 2 is 2.59 bits per heavy atom. The van der Waals surface area contributed by atoms with Crippen molar-refractivity contribution in [2.24, 2.45) is 0 Å². The Bertz CT molecular complexity index is 394. The second-order valence-electron chi connectivity index (χ2n) is 4.25. The molecule has 1 aromatic rings. The minimum absolute atomic E-state index is 0.102. The van der Waals surface area contributed by atoms with Crippen LogP contribution in [0.4, 0.5) is 4.79 Å². The number of amides is 2. The van der Waals surface area contributed by atoms with Crippen LogP contribution in [0.15, 0.2) is 6.20 Å². The quantitative estimate of drug-likeness (QED) is 0.832. The topological polar surface area (TPSA) is 65.5 Å². The van der Waals surface area contributed by atoms with E-state index in [4.69, 9.17) is 0 Å². The Labute approximate surface area is 104 Å². The van der Waals surface area contributed by atoms with Crippen molar-refractivity contribution in [2.75, 3.05) is 13.1 Å². The molecule has 0 aliphatic carbocycles. The maximum absolute atomic E-state index is 11.8. The van der Waals surface area contributed by atoms with Gasteiger partial charge in [0.1, 0.15) is 0 Å². The molecule has 2 heterocycles. The van der Waals surface area contributed by atoms with Crippen LogP contribution in [0.25, 0.3) is 0 Å². The van der Waals surface area contributed by atoms with Gasteiger partial charge in [0.05, 0.1) is 17.7 Å². The van der Waals surface area contributed by atoms with E-state index in [0.29, 0.717) is 13.1 Å². The van der Waals surface area contributed by atoms with Crippen molar-refractivity contribution >= 4 is 17.4 Å². The number of hydrogen-bond donors (Lipinski definition) is 2. The number of urea groups is 1. The molecular weight excluding hydrogens is 238 g/mol. The molecule has 5 nitrogen and oxygen atoms in total. The molecule has 17 heavy (non-hydrogen) atoms. The summed E-state index contributed by atoms with van der Waals surface area (Å²) in [6.07, 6.45) is 3.07. The van der Waals surface area contributed by atoms with Gasteiger partial charge in [0, 0.05) is 24.2 Å². The first-order chi connectivity index (χ1) is 8.15. The minimum Gasteiger partial charge on any atom is -0.391 e. The van der Waals surface area contributed by atoms with E-state index < -0.39 is 0 Å². The van der Waals surface area contributed by atoms with Crippen molar-refractivity contribution < 1.29 is 9.90 Å². The molecule has 0 bridgehead atoms. The van der Waals surface area contributed by atoms with E-state index in [1.165, 1.54) is 0 Å². The predicted octanol–water partition coefficient (Wildman–Crippen LogP) is 1.12. The predicted molar refractivity (Wildman–Crippen MR) is 65.9 cm³/mol. The van der Waals surface area contributed by atoms with E-state index in [0.717, 1.165) is 29.3 Å². The Kier molecular flexibility index (Phi) is 3.96. The van der Waals surface area contributed by atoms with Gasteiger partial charge < -0.3 is 15.3 Å². The number of aromatic nitrogens is 1. The largest absolute Gasteiger partial charge is 0.391 e. The average molecular weight is 255 g/mol. The summed E-state index contributed by atoms with van der Waals surface area (Å²) in [6, 6.07) is -0.102. The molecule has 1 fully saturated rings. The van der Waals surface area contributed by atoms with E-state index >= 15 is 0 Å². The molecule has 0 aromatic carbocycles. The molecule has 0 saturated carbocycles. The fourth-order valence-corrected chi connectivity index (χ4v) is 2.64. The number of nitrogens with zero attached hydrogens (tertiary/aromatic N) is 2. The fraction of sp³-hybridized carbons (Fsp3) is 0.636. The molecule has 1 unspecified atom stereocenters. The molecule has 2 N–H and O–H groups in total. The summed E-state index contributed by atoms with van der Waals surface area (Å²) in [5, 5.41) is 13.3. The first-order valence-electron chi connectivity index (χ1n) is 5.77. The molecule has 2 rings (SSSR count). The molecule has 0 spiro atoms. The molecule has 6 heteroatoms. The number of hydrogen-bond acceptors (Lipinski definition) is 4. The molecule has 0 radical (unpaired) electrons. The van der Waals surface area contributed by atoms with Crippen molar-refractivity contribution in [3.63, 3.8) is 0 Å². The van der Waals surface area contributed by atoms with Gasteiger partial charge in [-0.25, -0.2) is 9.78 Å². The number of likely N-dealkylation sites (tertiary alicyclic amines) is 1. The third-order valence-corrected chi connectivity index (χ3v) is 3.68. The zero-order valence-electron chi connectivity index (χ0n) is 9.85. The lowest BCUT2D eigenvalue weighted by Gasteiger charge is -2.30. The van der Waals surface area contributed by atoms with E-state index in [9.17, 15) is 9.90 Å². The smallest absolute Gasteiger partial charge is 0.317 e. The van der Waals surface area contributed by atoms with Crippen molar-refractivity contribution in [1.82, 2.24) is 15.2 Å². The van der Waals surface area contributed by atoms with Gasteiger partial charge in [0.25, 0.3) is 0 Å². The lowest BCUT2D eigenvalue weighted by molar-refractivity contribution is 0.0842. The van der Waals surface area contributed by atoms with Crippen LogP contribution in [0.3, 0.4) is 0 Å². The van der Waals surface area contributed by atoms with Gasteiger partial charge in [0.15, 0.2) is 0 Å². The number of piperidine rings is 1. The third kappa shape index (κ3) is 3.41. The number of aliphatic hydroxyl groups excluding tert-OH is 1. The number of carbonyl (C=O) groups is 1. The standard InChI is InChI=1S/C11H17N3O2S/c1-8-12-5-10(17-8)6-13-11(16)14-4-2-3-9(15)7-14/h5,9,15H,2-4,6-7H2,1H3,(H,13,16). The van der Waals surface area contributed by atoms with Crippen LogP contribution in [0, 0.1) is 6.92 Å². The Morgan fingerprint density at radius 3 is 3.24 bits per heavy atom. The summed E-state index contributed by atoms with van der Waals surface area (Å²) in [7, 11) is 0. The van der Waals surface area contributed by atoms with Crippen molar-refractivity contribution in [2.45, 2.75) is 32.4 Å². The number of rotatable bonds is 2. The third-order valence-electron chi connectivity index (χ3n) is 2.77. The van der Waals surface area contributed by atoms with E-state index in [1.807, 2.05) is 6.92 Å². The van der Waals surface area contributed by atoms with Crippen LogP contribution >= 0.6 is 11.3 Å². The van der Waals surface area contributed by atoms with Gasteiger partial charge in [-0.2, -0.15) is 0 Å². The number of aryl methyl sites for hydroxylation is 1. The average Bonchev–Trinajstić information content (AvgIpc) is 2.72. The number of β-amino-alcohol motifs (C(OH)–C–C–N with tert-alkyl or cyclic N) is 1. The summed E-state index contributed by atoms with van der Waals surface area (Å²) in [5.41, 5.74) is 0. The molecular formula is C11H17N3O2S. The molecule has 1 saturated heterocycles. The summed E-state index contributed by atoms with van der Waals surface area (Å²) >= 11 is 1.58. The Morgan fingerprint density at radius 1 is 1.76 bits per heavy atom. The maximum atomic E-state index is 11.8. The maximum Gasteiger partial charge on any atom is 0.317 e. The zero-order chi connectivity index (χ0) is 12.3. The van der Waals surface area contributed by atoms with Crippen molar-refractivity contribution in [3.05, 3.63) is 16.1 Å². The van der Waals surface area contributed by atoms with Gasteiger partial charge in [0.2, 0.25) is 0 Å². The van der Waals surface area contributed by atoms with Crippen LogP contribution in [-0.2, 0) is 6.54 Å². The van der Waals surface area contributed by atoms with Crippen LogP contribution < -0.4 is 5.32 Å². The van der Waals surface area contributed by atoms with E-state index in [-0.39, 0.29) is 12.1 Å². The fourth-order valence-electron chi connectivity index (χ4n) is 1.90.